The summed E-state index contributed by atoms with van der Waals surface area (Å²) in [7, 11) is 0. The number of benzene rings is 1. The molecule has 0 saturated heterocycles. The highest BCUT2D eigenvalue weighted by Crippen LogP contribution is 2.30. The molecule has 0 aromatic heterocycles. The van der Waals surface area contributed by atoms with E-state index in [1.54, 1.807) is 0 Å². The lowest BCUT2D eigenvalue weighted by molar-refractivity contribution is 0.0309. The Morgan fingerprint density at radius 3 is 2.81 bits per heavy atom. The van der Waals surface area contributed by atoms with Crippen LogP contribution in [0.15, 0.2) is 18.2 Å². The predicted molar refractivity (Wildman–Crippen MR) is 83.9 cm³/mol. The van der Waals surface area contributed by atoms with E-state index in [2.05, 4.69) is 26.1 Å². The first-order chi connectivity index (χ1) is 9.92. The van der Waals surface area contributed by atoms with Crippen molar-refractivity contribution in [2.45, 2.75) is 51.7 Å². The number of Topliss-reactive ketones (excluding diaryl/α,β-unsaturated/α-hetero) is 1. The first-order valence-electron chi connectivity index (χ1n) is 7.59. The fraction of sp³-hybridized carbons (Fsp3) is 0.588. The Morgan fingerprint density at radius 1 is 1.38 bits per heavy atom. The van der Waals surface area contributed by atoms with Gasteiger partial charge in [0.05, 0.1) is 0 Å². The van der Waals surface area contributed by atoms with Crippen LogP contribution < -0.4 is 5.32 Å². The van der Waals surface area contributed by atoms with Crippen LogP contribution in [0.4, 0.5) is 5.69 Å². The molecule has 1 aromatic rings. The molecule has 4 nitrogen and oxygen atoms in total. The molecule has 0 spiro atoms. The number of ether oxygens (including phenoxy) is 1. The van der Waals surface area contributed by atoms with E-state index in [0.29, 0.717) is 19.4 Å². The Bertz CT molecular complexity index is 505. The highest BCUT2D eigenvalue weighted by atomic mass is 16.5. The van der Waals surface area contributed by atoms with Gasteiger partial charge in [0.2, 0.25) is 0 Å². The van der Waals surface area contributed by atoms with Crippen molar-refractivity contribution in [2.24, 2.45) is 0 Å². The molecule has 0 saturated carbocycles. The molecule has 1 aliphatic carbocycles. The number of aliphatic hydroxyl groups excluding tert-OH is 1. The maximum absolute atomic E-state index is 12.5. The van der Waals surface area contributed by atoms with E-state index in [1.165, 1.54) is 0 Å². The number of aliphatic hydroxyl groups is 1. The number of carbonyl (C=O) groups excluding carboxylic acids is 1. The second kappa shape index (κ2) is 6.58. The molecule has 2 N–H and O–H groups in total. The van der Waals surface area contributed by atoms with Gasteiger partial charge in [-0.15, -0.1) is 0 Å². The SMILES string of the molecule is CC(C)(C)Nc1cccc2c1CCC(OCCCO)C2=O. The first-order valence-corrected chi connectivity index (χ1v) is 7.59. The minimum atomic E-state index is -0.367. The molecule has 21 heavy (non-hydrogen) atoms. The maximum atomic E-state index is 12.5. The predicted octanol–water partition coefficient (Wildman–Crippen LogP) is 2.79. The van der Waals surface area contributed by atoms with Gasteiger partial charge in [-0.25, -0.2) is 0 Å². The molecule has 2 rings (SSSR count). The van der Waals surface area contributed by atoms with Crippen molar-refractivity contribution in [3.8, 4) is 0 Å². The van der Waals surface area contributed by atoms with Crippen LogP contribution in [0.1, 0.15) is 49.5 Å². The summed E-state index contributed by atoms with van der Waals surface area (Å²) >= 11 is 0. The molecule has 1 unspecified atom stereocenters. The fourth-order valence-corrected chi connectivity index (χ4v) is 2.64. The standard InChI is InChI=1S/C17H25NO3/c1-17(2,3)18-14-7-4-6-13-12(14)8-9-15(16(13)20)21-11-5-10-19/h4,6-7,15,18-19H,5,8-11H2,1-3H3. The maximum Gasteiger partial charge on any atom is 0.191 e. The Kier molecular flexibility index (Phi) is 5.01. The molecule has 0 amide bonds. The van der Waals surface area contributed by atoms with Crippen LogP contribution in [0.2, 0.25) is 0 Å². The summed E-state index contributed by atoms with van der Waals surface area (Å²) in [6.07, 6.45) is 1.75. The number of rotatable bonds is 5. The monoisotopic (exact) mass is 291 g/mol. The van der Waals surface area contributed by atoms with Crippen molar-refractivity contribution in [3.63, 3.8) is 0 Å². The van der Waals surface area contributed by atoms with Crippen LogP contribution in [0.3, 0.4) is 0 Å². The van der Waals surface area contributed by atoms with Crippen LogP contribution in [-0.4, -0.2) is 35.7 Å². The van der Waals surface area contributed by atoms with Crippen molar-refractivity contribution in [1.29, 1.82) is 0 Å². The van der Waals surface area contributed by atoms with Gasteiger partial charge in [-0.05, 0) is 51.7 Å². The number of anilines is 1. The minimum absolute atomic E-state index is 0.0351. The van der Waals surface area contributed by atoms with E-state index in [-0.39, 0.29) is 24.0 Å². The van der Waals surface area contributed by atoms with Gasteiger partial charge >= 0.3 is 0 Å². The summed E-state index contributed by atoms with van der Waals surface area (Å²) in [5.41, 5.74) is 2.87. The zero-order valence-corrected chi connectivity index (χ0v) is 13.1. The van der Waals surface area contributed by atoms with Crippen molar-refractivity contribution < 1.29 is 14.6 Å². The number of hydrogen-bond donors (Lipinski definition) is 2. The Morgan fingerprint density at radius 2 is 2.14 bits per heavy atom. The van der Waals surface area contributed by atoms with Crippen molar-refractivity contribution >= 4 is 11.5 Å². The van der Waals surface area contributed by atoms with E-state index >= 15 is 0 Å². The first kappa shape index (κ1) is 16.0. The zero-order chi connectivity index (χ0) is 15.5. The minimum Gasteiger partial charge on any atom is -0.396 e. The van der Waals surface area contributed by atoms with Gasteiger partial charge in [-0.2, -0.15) is 0 Å². The van der Waals surface area contributed by atoms with Crippen molar-refractivity contribution in [3.05, 3.63) is 29.3 Å². The van der Waals surface area contributed by atoms with Crippen LogP contribution >= 0.6 is 0 Å². The highest BCUT2D eigenvalue weighted by Gasteiger charge is 2.29. The van der Waals surface area contributed by atoms with Gasteiger partial charge in [0, 0.05) is 30.0 Å². The number of ketones is 1. The summed E-state index contributed by atoms with van der Waals surface area (Å²) in [6.45, 7) is 6.85. The van der Waals surface area contributed by atoms with Gasteiger partial charge in [0.1, 0.15) is 6.10 Å². The third kappa shape index (κ3) is 4.05. The normalized spacial score (nSPS) is 18.5. The molecular formula is C17H25NO3. The largest absolute Gasteiger partial charge is 0.396 e. The van der Waals surface area contributed by atoms with Gasteiger partial charge in [-0.3, -0.25) is 4.79 Å². The summed E-state index contributed by atoms with van der Waals surface area (Å²) in [5.74, 6) is 0.0618. The lowest BCUT2D eigenvalue weighted by Gasteiger charge is -2.29. The summed E-state index contributed by atoms with van der Waals surface area (Å²) in [6, 6.07) is 5.83. The Balaban J connectivity index is 2.17. The fourth-order valence-electron chi connectivity index (χ4n) is 2.64. The van der Waals surface area contributed by atoms with Crippen molar-refractivity contribution in [1.82, 2.24) is 0 Å². The van der Waals surface area contributed by atoms with E-state index in [4.69, 9.17) is 9.84 Å². The molecule has 4 heteroatoms. The summed E-state index contributed by atoms with van der Waals surface area (Å²) in [5, 5.41) is 12.3. The van der Waals surface area contributed by atoms with Gasteiger partial charge in [-0.1, -0.05) is 12.1 Å². The molecule has 0 radical (unpaired) electrons. The molecule has 116 valence electrons. The number of hydrogen-bond acceptors (Lipinski definition) is 4. The molecule has 1 aromatic carbocycles. The van der Waals surface area contributed by atoms with Crippen molar-refractivity contribution in [2.75, 3.05) is 18.5 Å². The Hall–Kier alpha value is -1.39. The lowest BCUT2D eigenvalue weighted by Crippen LogP contribution is -2.33. The second-order valence-corrected chi connectivity index (χ2v) is 6.55. The van der Waals surface area contributed by atoms with E-state index < -0.39 is 0 Å². The molecular weight excluding hydrogens is 266 g/mol. The summed E-state index contributed by atoms with van der Waals surface area (Å²) < 4.78 is 5.60. The quantitative estimate of drug-likeness (QED) is 0.819. The highest BCUT2D eigenvalue weighted by molar-refractivity contribution is 6.03. The topological polar surface area (TPSA) is 58.6 Å². The van der Waals surface area contributed by atoms with Crippen LogP contribution in [-0.2, 0) is 11.2 Å². The number of carbonyl (C=O) groups is 1. The van der Waals surface area contributed by atoms with E-state index in [9.17, 15) is 4.79 Å². The molecule has 0 heterocycles. The van der Waals surface area contributed by atoms with Gasteiger partial charge < -0.3 is 15.2 Å². The summed E-state index contributed by atoms with van der Waals surface area (Å²) in [4.78, 5) is 12.5. The molecule has 0 fully saturated rings. The average molecular weight is 291 g/mol. The van der Waals surface area contributed by atoms with E-state index in [1.807, 2.05) is 18.2 Å². The van der Waals surface area contributed by atoms with E-state index in [0.717, 1.165) is 23.2 Å². The van der Waals surface area contributed by atoms with Crippen LogP contribution in [0.25, 0.3) is 0 Å². The molecule has 0 bridgehead atoms. The second-order valence-electron chi connectivity index (χ2n) is 6.55. The molecule has 1 aliphatic rings. The Labute approximate surface area is 126 Å². The molecule has 0 aliphatic heterocycles. The van der Waals surface area contributed by atoms with Crippen LogP contribution in [0, 0.1) is 0 Å². The van der Waals surface area contributed by atoms with Gasteiger partial charge in [0.25, 0.3) is 0 Å². The van der Waals surface area contributed by atoms with Gasteiger partial charge in [0.15, 0.2) is 5.78 Å². The number of fused-ring (bicyclic) bond motifs is 1. The number of nitrogens with one attached hydrogen (secondary N) is 1. The third-order valence-corrected chi connectivity index (χ3v) is 3.52. The zero-order valence-electron chi connectivity index (χ0n) is 13.1. The lowest BCUT2D eigenvalue weighted by atomic mass is 9.87. The smallest absolute Gasteiger partial charge is 0.191 e. The third-order valence-electron chi connectivity index (χ3n) is 3.52. The molecule has 1 atom stereocenters. The van der Waals surface area contributed by atoms with Crippen LogP contribution in [0.5, 0.6) is 0 Å². The average Bonchev–Trinajstić information content (AvgIpc) is 2.40.